The van der Waals surface area contributed by atoms with Crippen LogP contribution in [-0.2, 0) is 21.6 Å². The summed E-state index contributed by atoms with van der Waals surface area (Å²) in [5, 5.41) is 0. The predicted octanol–water partition coefficient (Wildman–Crippen LogP) is 4.20. The van der Waals surface area contributed by atoms with E-state index in [9.17, 15) is 4.79 Å². The molecule has 0 spiro atoms. The van der Waals surface area contributed by atoms with Crippen LogP contribution in [0.25, 0.3) is 0 Å². The van der Waals surface area contributed by atoms with Gasteiger partial charge in [-0.3, -0.25) is 4.79 Å². The van der Waals surface area contributed by atoms with E-state index in [0.29, 0.717) is 19.4 Å². The highest BCUT2D eigenvalue weighted by atomic mass is 16.6. The molecule has 0 heterocycles. The molecule has 3 heteroatoms. The maximum atomic E-state index is 12.3. The van der Waals surface area contributed by atoms with Crippen molar-refractivity contribution in [2.75, 3.05) is 20.6 Å². The minimum Gasteiger partial charge on any atom is -0.449 e. The molecule has 0 fully saturated rings. The van der Waals surface area contributed by atoms with Gasteiger partial charge in [0.05, 0.1) is 0 Å². The Hall–Kier alpha value is -2.39. The fraction of sp³-hybridized carbons (Fsp3) is 0.318. The summed E-state index contributed by atoms with van der Waals surface area (Å²) < 4.78 is 6.07. The fourth-order valence-electron chi connectivity index (χ4n) is 2.96. The molecular formula is C22H27NO2. The van der Waals surface area contributed by atoms with Gasteiger partial charge in [-0.15, -0.1) is 0 Å². The summed E-state index contributed by atoms with van der Waals surface area (Å²) in [5.74, 6) is -0.223. The van der Waals surface area contributed by atoms with Crippen LogP contribution < -0.4 is 0 Å². The molecule has 0 radical (unpaired) electrons. The van der Waals surface area contributed by atoms with Crippen molar-refractivity contribution in [1.29, 1.82) is 0 Å². The molecule has 2 rings (SSSR count). The molecule has 0 unspecified atom stereocenters. The highest BCUT2D eigenvalue weighted by Gasteiger charge is 2.39. The van der Waals surface area contributed by atoms with E-state index in [4.69, 9.17) is 4.74 Å². The van der Waals surface area contributed by atoms with Crippen molar-refractivity contribution in [3.05, 3.63) is 83.9 Å². The minimum atomic E-state index is -0.875. The molecule has 0 N–H and O–H groups in total. The van der Waals surface area contributed by atoms with Gasteiger partial charge < -0.3 is 9.64 Å². The zero-order valence-electron chi connectivity index (χ0n) is 15.4. The molecule has 0 aliphatic heterocycles. The fourth-order valence-corrected chi connectivity index (χ4v) is 2.96. The van der Waals surface area contributed by atoms with Crippen LogP contribution in [0.1, 0.15) is 24.5 Å². The van der Waals surface area contributed by atoms with Crippen molar-refractivity contribution < 1.29 is 9.53 Å². The van der Waals surface area contributed by atoms with Crippen LogP contribution in [0.5, 0.6) is 0 Å². The van der Waals surface area contributed by atoms with Gasteiger partial charge in [-0.2, -0.15) is 0 Å². The molecule has 0 saturated carbocycles. The summed E-state index contributed by atoms with van der Waals surface area (Å²) in [7, 11) is 3.98. The lowest BCUT2D eigenvalue weighted by molar-refractivity contribution is -0.157. The van der Waals surface area contributed by atoms with Crippen molar-refractivity contribution in [2.45, 2.75) is 25.4 Å². The van der Waals surface area contributed by atoms with Crippen LogP contribution in [-0.4, -0.2) is 31.5 Å². The summed E-state index contributed by atoms with van der Waals surface area (Å²) in [6.07, 6.45) is 0.898. The van der Waals surface area contributed by atoms with Gasteiger partial charge in [-0.25, -0.2) is 0 Å². The summed E-state index contributed by atoms with van der Waals surface area (Å²) in [4.78, 5) is 14.4. The van der Waals surface area contributed by atoms with Gasteiger partial charge in [0.2, 0.25) is 0 Å². The zero-order chi connectivity index (χ0) is 18.3. The van der Waals surface area contributed by atoms with E-state index in [1.54, 1.807) is 0 Å². The Morgan fingerprint density at radius 3 is 2.12 bits per heavy atom. The van der Waals surface area contributed by atoms with Gasteiger partial charge in [0, 0.05) is 24.9 Å². The molecule has 0 aromatic heterocycles. The molecule has 2 aromatic carbocycles. The van der Waals surface area contributed by atoms with Gasteiger partial charge in [-0.05, 0) is 25.2 Å². The van der Waals surface area contributed by atoms with Crippen LogP contribution in [0.3, 0.4) is 0 Å². The zero-order valence-corrected chi connectivity index (χ0v) is 15.4. The van der Waals surface area contributed by atoms with Crippen LogP contribution >= 0.6 is 0 Å². The maximum absolute atomic E-state index is 12.3. The molecule has 0 aliphatic carbocycles. The van der Waals surface area contributed by atoms with E-state index >= 15 is 0 Å². The smallest absolute Gasteiger partial charge is 0.306 e. The third-order valence-corrected chi connectivity index (χ3v) is 4.19. The minimum absolute atomic E-state index is 0.223. The molecule has 0 saturated heterocycles. The van der Waals surface area contributed by atoms with Crippen LogP contribution in [0, 0.1) is 0 Å². The topological polar surface area (TPSA) is 29.5 Å². The van der Waals surface area contributed by atoms with Crippen molar-refractivity contribution in [3.63, 3.8) is 0 Å². The van der Waals surface area contributed by atoms with Crippen molar-refractivity contribution in [1.82, 2.24) is 4.90 Å². The summed E-state index contributed by atoms with van der Waals surface area (Å²) >= 11 is 0. The van der Waals surface area contributed by atoms with E-state index in [2.05, 4.69) is 18.7 Å². The molecule has 2 aromatic rings. The lowest BCUT2D eigenvalue weighted by Gasteiger charge is -2.37. The Bertz CT molecular complexity index is 694. The van der Waals surface area contributed by atoms with E-state index in [1.807, 2.05) is 74.4 Å². The van der Waals surface area contributed by atoms with Gasteiger partial charge in [0.1, 0.15) is 0 Å². The number of carbonyl (C=O) groups is 1. The van der Waals surface area contributed by atoms with Gasteiger partial charge >= 0.3 is 5.97 Å². The summed E-state index contributed by atoms with van der Waals surface area (Å²) in [6.45, 7) is 6.76. The number of hydrogen-bond donors (Lipinski definition) is 0. The van der Waals surface area contributed by atoms with E-state index < -0.39 is 5.60 Å². The van der Waals surface area contributed by atoms with E-state index in [1.165, 1.54) is 0 Å². The summed E-state index contributed by atoms with van der Waals surface area (Å²) in [6, 6.07) is 20.0. The maximum Gasteiger partial charge on any atom is 0.306 e. The average molecular weight is 337 g/mol. The highest BCUT2D eigenvalue weighted by Crippen LogP contribution is 2.37. The lowest BCUT2D eigenvalue weighted by Crippen LogP contribution is -2.40. The van der Waals surface area contributed by atoms with Gasteiger partial charge in [-0.1, -0.05) is 74.2 Å². The van der Waals surface area contributed by atoms with Crippen LogP contribution in [0.4, 0.5) is 0 Å². The van der Waals surface area contributed by atoms with Crippen LogP contribution in [0.15, 0.2) is 72.8 Å². The Morgan fingerprint density at radius 2 is 1.60 bits per heavy atom. The molecule has 0 amide bonds. The standard InChI is InChI=1S/C22H27NO2/c1-5-21(24)25-22(18(2)17-23(3)4,20-14-10-7-11-15-20)16-19-12-8-6-9-13-19/h6-15H,2,5,16-17H2,1,3-4H3/t22-/m0/s1. The third kappa shape index (κ3) is 4.80. The molecule has 0 aliphatic rings. The first-order valence-corrected chi connectivity index (χ1v) is 8.62. The monoisotopic (exact) mass is 337 g/mol. The van der Waals surface area contributed by atoms with Crippen LogP contribution in [0.2, 0.25) is 0 Å². The summed E-state index contributed by atoms with van der Waals surface area (Å²) in [5.41, 5.74) is 2.05. The number of rotatable bonds is 8. The van der Waals surface area contributed by atoms with E-state index in [0.717, 1.165) is 16.7 Å². The number of benzene rings is 2. The number of hydrogen-bond acceptors (Lipinski definition) is 3. The number of nitrogens with zero attached hydrogens (tertiary/aromatic N) is 1. The third-order valence-electron chi connectivity index (χ3n) is 4.19. The number of likely N-dealkylation sites (N-methyl/N-ethyl adjacent to an activating group) is 1. The second-order valence-electron chi connectivity index (χ2n) is 6.52. The molecule has 0 bridgehead atoms. The molecule has 1 atom stereocenters. The molecule has 132 valence electrons. The number of ether oxygens (including phenoxy) is 1. The lowest BCUT2D eigenvalue weighted by atomic mass is 9.81. The van der Waals surface area contributed by atoms with E-state index in [-0.39, 0.29) is 5.97 Å². The highest BCUT2D eigenvalue weighted by molar-refractivity contribution is 5.70. The van der Waals surface area contributed by atoms with Gasteiger partial charge in [0.15, 0.2) is 5.60 Å². The number of carbonyl (C=O) groups excluding carboxylic acids is 1. The van der Waals surface area contributed by atoms with Gasteiger partial charge in [0.25, 0.3) is 0 Å². The molecule has 3 nitrogen and oxygen atoms in total. The normalized spacial score (nSPS) is 13.3. The second-order valence-corrected chi connectivity index (χ2v) is 6.52. The Balaban J connectivity index is 2.55. The van der Waals surface area contributed by atoms with Crippen molar-refractivity contribution >= 4 is 5.97 Å². The second kappa shape index (κ2) is 8.63. The first-order valence-electron chi connectivity index (χ1n) is 8.62. The first kappa shape index (κ1) is 18.9. The van der Waals surface area contributed by atoms with Crippen molar-refractivity contribution in [3.8, 4) is 0 Å². The Labute approximate surface area is 150 Å². The SMILES string of the molecule is C=C(CN(C)C)[C@](Cc1ccccc1)(OC(=O)CC)c1ccccc1. The van der Waals surface area contributed by atoms with Crippen molar-refractivity contribution in [2.24, 2.45) is 0 Å². The molecular weight excluding hydrogens is 310 g/mol. The largest absolute Gasteiger partial charge is 0.449 e. The predicted molar refractivity (Wildman–Crippen MR) is 102 cm³/mol. The Morgan fingerprint density at radius 1 is 1.04 bits per heavy atom. The number of esters is 1. The first-order chi connectivity index (χ1) is 12.0. The molecule has 25 heavy (non-hydrogen) atoms. The Kier molecular flexibility index (Phi) is 6.54. The average Bonchev–Trinajstić information content (AvgIpc) is 2.62. The quantitative estimate of drug-likeness (QED) is 0.534.